The molecule has 126 valence electrons. The molecular formula is C16H32O5. The minimum absolute atomic E-state index is 0.101. The lowest BCUT2D eigenvalue weighted by Crippen LogP contribution is -2.42. The highest BCUT2D eigenvalue weighted by molar-refractivity contribution is 4.88. The van der Waals surface area contributed by atoms with E-state index in [1.807, 2.05) is 0 Å². The second kappa shape index (κ2) is 11.4. The van der Waals surface area contributed by atoms with Gasteiger partial charge in [-0.05, 0) is 6.42 Å². The molecule has 1 aliphatic rings. The van der Waals surface area contributed by atoms with Gasteiger partial charge in [0.2, 0.25) is 0 Å². The Balaban J connectivity index is 2.02. The highest BCUT2D eigenvalue weighted by Crippen LogP contribution is 2.19. The van der Waals surface area contributed by atoms with Gasteiger partial charge in [-0.1, -0.05) is 51.9 Å². The van der Waals surface area contributed by atoms with Crippen LogP contribution < -0.4 is 0 Å². The Morgan fingerprint density at radius 1 is 1.05 bits per heavy atom. The van der Waals surface area contributed by atoms with Crippen molar-refractivity contribution in [3.05, 3.63) is 0 Å². The van der Waals surface area contributed by atoms with Crippen LogP contribution in [0.3, 0.4) is 0 Å². The normalized spacial score (nSPS) is 27.1. The maximum absolute atomic E-state index is 9.74. The zero-order valence-corrected chi connectivity index (χ0v) is 13.2. The summed E-state index contributed by atoms with van der Waals surface area (Å²) in [5.41, 5.74) is 0. The molecular weight excluding hydrogens is 272 g/mol. The lowest BCUT2D eigenvalue weighted by atomic mass is 10.1. The summed E-state index contributed by atoms with van der Waals surface area (Å²) in [7, 11) is 0. The first-order chi connectivity index (χ1) is 10.2. The Hall–Kier alpha value is -0.200. The van der Waals surface area contributed by atoms with Crippen molar-refractivity contribution < 1.29 is 24.8 Å². The molecule has 0 radical (unpaired) electrons. The third-order valence-electron chi connectivity index (χ3n) is 4.07. The molecule has 3 N–H and O–H groups in total. The Morgan fingerprint density at radius 3 is 2.19 bits per heavy atom. The summed E-state index contributed by atoms with van der Waals surface area (Å²) >= 11 is 0. The fraction of sp³-hybridized carbons (Fsp3) is 1.00. The fourth-order valence-corrected chi connectivity index (χ4v) is 2.68. The fourth-order valence-electron chi connectivity index (χ4n) is 2.68. The van der Waals surface area contributed by atoms with Gasteiger partial charge in [0.25, 0.3) is 0 Å². The Kier molecular flexibility index (Phi) is 10.2. The van der Waals surface area contributed by atoms with Crippen LogP contribution in [0, 0.1) is 0 Å². The third-order valence-corrected chi connectivity index (χ3v) is 4.07. The van der Waals surface area contributed by atoms with Crippen LogP contribution in [0.1, 0.15) is 58.3 Å². The zero-order valence-electron chi connectivity index (χ0n) is 13.2. The molecule has 4 atom stereocenters. The Bertz CT molecular complexity index is 249. The van der Waals surface area contributed by atoms with Gasteiger partial charge in [0.05, 0.1) is 13.2 Å². The minimum atomic E-state index is -0.972. The molecule has 0 aromatic heterocycles. The third kappa shape index (κ3) is 7.06. The van der Waals surface area contributed by atoms with Crippen LogP contribution in [0.2, 0.25) is 0 Å². The molecule has 1 fully saturated rings. The summed E-state index contributed by atoms with van der Waals surface area (Å²) in [5, 5.41) is 28.5. The highest BCUT2D eigenvalue weighted by atomic mass is 16.6. The summed E-state index contributed by atoms with van der Waals surface area (Å²) in [6, 6.07) is 0. The van der Waals surface area contributed by atoms with Gasteiger partial charge in [-0.15, -0.1) is 0 Å². The van der Waals surface area contributed by atoms with Crippen molar-refractivity contribution in [2.75, 3.05) is 19.8 Å². The lowest BCUT2D eigenvalue weighted by molar-refractivity contribution is -0.101. The van der Waals surface area contributed by atoms with E-state index in [0.29, 0.717) is 6.61 Å². The van der Waals surface area contributed by atoms with Gasteiger partial charge < -0.3 is 24.8 Å². The van der Waals surface area contributed by atoms with Crippen LogP contribution in [0.25, 0.3) is 0 Å². The molecule has 5 nitrogen and oxygen atoms in total. The van der Waals surface area contributed by atoms with Crippen LogP contribution in [-0.2, 0) is 9.47 Å². The molecule has 0 saturated carbocycles. The zero-order chi connectivity index (χ0) is 15.5. The number of aliphatic hydroxyl groups is 3. The molecule has 0 aliphatic carbocycles. The van der Waals surface area contributed by atoms with Gasteiger partial charge in [-0.25, -0.2) is 0 Å². The van der Waals surface area contributed by atoms with E-state index < -0.39 is 24.4 Å². The SMILES string of the molecule is CCCCCCCCCCO[C@@H](CO)[C@H]1OC[C@@H](O)[C@H]1O. The number of hydrogen-bond acceptors (Lipinski definition) is 5. The van der Waals surface area contributed by atoms with Crippen LogP contribution >= 0.6 is 0 Å². The Morgan fingerprint density at radius 2 is 1.67 bits per heavy atom. The molecule has 0 aromatic carbocycles. The number of hydrogen-bond donors (Lipinski definition) is 3. The molecule has 5 heteroatoms. The number of aliphatic hydroxyl groups excluding tert-OH is 3. The van der Waals surface area contributed by atoms with Crippen molar-refractivity contribution in [2.24, 2.45) is 0 Å². The van der Waals surface area contributed by atoms with Crippen molar-refractivity contribution >= 4 is 0 Å². The van der Waals surface area contributed by atoms with Gasteiger partial charge in [0, 0.05) is 6.61 Å². The van der Waals surface area contributed by atoms with E-state index in [2.05, 4.69) is 6.92 Å². The standard InChI is InChI=1S/C16H32O5/c1-2-3-4-5-6-7-8-9-10-20-14(11-17)16-15(19)13(18)12-21-16/h13-19H,2-12H2,1H3/t13-,14+,15-,16-/m1/s1. The molecule has 1 rings (SSSR count). The molecule has 0 unspecified atom stereocenters. The quantitative estimate of drug-likeness (QED) is 0.478. The van der Waals surface area contributed by atoms with Gasteiger partial charge in [-0.3, -0.25) is 0 Å². The number of unbranched alkanes of at least 4 members (excludes halogenated alkanes) is 7. The molecule has 0 bridgehead atoms. The molecule has 1 heterocycles. The van der Waals surface area contributed by atoms with Crippen LogP contribution in [0.5, 0.6) is 0 Å². The second-order valence-electron chi connectivity index (χ2n) is 5.92. The van der Waals surface area contributed by atoms with E-state index in [1.54, 1.807) is 0 Å². The minimum Gasteiger partial charge on any atom is -0.394 e. The molecule has 0 amide bonds. The largest absolute Gasteiger partial charge is 0.394 e. The molecule has 1 aliphatic heterocycles. The van der Waals surface area contributed by atoms with Crippen LogP contribution in [0.4, 0.5) is 0 Å². The maximum Gasteiger partial charge on any atom is 0.114 e. The van der Waals surface area contributed by atoms with Gasteiger partial charge in [0.1, 0.15) is 24.4 Å². The predicted octanol–water partition coefficient (Wildman–Crippen LogP) is 1.63. The molecule has 0 spiro atoms. The second-order valence-corrected chi connectivity index (χ2v) is 5.92. The summed E-state index contributed by atoms with van der Waals surface area (Å²) < 4.78 is 10.9. The first-order valence-electron chi connectivity index (χ1n) is 8.40. The van der Waals surface area contributed by atoms with Gasteiger partial charge in [-0.2, -0.15) is 0 Å². The first kappa shape index (κ1) is 18.8. The van der Waals surface area contributed by atoms with Gasteiger partial charge in [0.15, 0.2) is 0 Å². The van der Waals surface area contributed by atoms with E-state index in [9.17, 15) is 15.3 Å². The average Bonchev–Trinajstić information content (AvgIpc) is 2.82. The monoisotopic (exact) mass is 304 g/mol. The van der Waals surface area contributed by atoms with Crippen molar-refractivity contribution in [2.45, 2.75) is 82.7 Å². The smallest absolute Gasteiger partial charge is 0.114 e. The number of rotatable bonds is 12. The van der Waals surface area contributed by atoms with Crippen LogP contribution in [-0.4, -0.2) is 59.6 Å². The van der Waals surface area contributed by atoms with E-state index in [0.717, 1.165) is 12.8 Å². The van der Waals surface area contributed by atoms with E-state index in [1.165, 1.54) is 38.5 Å². The van der Waals surface area contributed by atoms with E-state index in [4.69, 9.17) is 9.47 Å². The summed E-state index contributed by atoms with van der Waals surface area (Å²) in [6.45, 7) is 2.68. The summed E-state index contributed by atoms with van der Waals surface area (Å²) in [4.78, 5) is 0. The lowest BCUT2D eigenvalue weighted by Gasteiger charge is -2.24. The first-order valence-corrected chi connectivity index (χ1v) is 8.40. The van der Waals surface area contributed by atoms with Crippen molar-refractivity contribution in [1.82, 2.24) is 0 Å². The topological polar surface area (TPSA) is 79.2 Å². The van der Waals surface area contributed by atoms with E-state index >= 15 is 0 Å². The van der Waals surface area contributed by atoms with Gasteiger partial charge >= 0.3 is 0 Å². The van der Waals surface area contributed by atoms with Crippen molar-refractivity contribution in [1.29, 1.82) is 0 Å². The van der Waals surface area contributed by atoms with Crippen molar-refractivity contribution in [3.63, 3.8) is 0 Å². The summed E-state index contributed by atoms with van der Waals surface area (Å²) in [5.74, 6) is 0. The van der Waals surface area contributed by atoms with Crippen LogP contribution in [0.15, 0.2) is 0 Å². The predicted molar refractivity (Wildman–Crippen MR) is 81.2 cm³/mol. The molecule has 21 heavy (non-hydrogen) atoms. The Labute approximate surface area is 128 Å². The molecule has 1 saturated heterocycles. The average molecular weight is 304 g/mol. The van der Waals surface area contributed by atoms with E-state index in [-0.39, 0.29) is 13.2 Å². The highest BCUT2D eigenvalue weighted by Gasteiger charge is 2.40. The maximum atomic E-state index is 9.74. The molecule has 0 aromatic rings. The van der Waals surface area contributed by atoms with Crippen molar-refractivity contribution in [3.8, 4) is 0 Å². The summed E-state index contributed by atoms with van der Waals surface area (Å²) in [6.07, 6.45) is 6.80. The number of ether oxygens (including phenoxy) is 2.